The van der Waals surface area contributed by atoms with Crippen molar-refractivity contribution in [3.8, 4) is 0 Å². The molecule has 0 radical (unpaired) electrons. The van der Waals surface area contributed by atoms with Gasteiger partial charge in [0, 0.05) is 24.9 Å². The highest BCUT2D eigenvalue weighted by Crippen LogP contribution is 1.99. The van der Waals surface area contributed by atoms with Gasteiger partial charge in [0.25, 0.3) is 0 Å². The number of nitrogens with zero attached hydrogens (tertiary/aromatic N) is 1. The Balaban J connectivity index is 4.20. The first-order valence-electron chi connectivity index (χ1n) is 4.84. The smallest absolute Gasteiger partial charge is 0.245 e. The quantitative estimate of drug-likeness (QED) is 0.636. The van der Waals surface area contributed by atoms with Gasteiger partial charge in [0.05, 0.1) is 0 Å². The van der Waals surface area contributed by atoms with Gasteiger partial charge < -0.3 is 10.6 Å². The molecule has 0 atom stereocenters. The van der Waals surface area contributed by atoms with Gasteiger partial charge in [0.1, 0.15) is 0 Å². The Morgan fingerprint density at radius 1 is 1.31 bits per heavy atom. The van der Waals surface area contributed by atoms with Gasteiger partial charge in [0.2, 0.25) is 5.91 Å². The van der Waals surface area contributed by atoms with Gasteiger partial charge in [-0.1, -0.05) is 13.8 Å². The van der Waals surface area contributed by atoms with Crippen molar-refractivity contribution in [1.82, 2.24) is 4.90 Å². The van der Waals surface area contributed by atoms with E-state index in [4.69, 9.17) is 5.73 Å². The van der Waals surface area contributed by atoms with Crippen LogP contribution in [-0.4, -0.2) is 23.9 Å². The van der Waals surface area contributed by atoms with Crippen molar-refractivity contribution in [2.24, 2.45) is 5.73 Å². The Hall–Kier alpha value is -0.990. The van der Waals surface area contributed by atoms with Crippen LogP contribution in [0.3, 0.4) is 0 Å². The van der Waals surface area contributed by atoms with Crippen molar-refractivity contribution in [2.45, 2.75) is 33.6 Å². The first-order valence-corrected chi connectivity index (χ1v) is 4.84. The molecule has 76 valence electrons. The van der Waals surface area contributed by atoms with E-state index in [1.54, 1.807) is 6.92 Å². The lowest BCUT2D eigenvalue weighted by Crippen LogP contribution is -2.22. The highest BCUT2D eigenvalue weighted by Gasteiger charge is 2.01. The highest BCUT2D eigenvalue weighted by atomic mass is 16.1. The van der Waals surface area contributed by atoms with E-state index in [1.807, 2.05) is 6.20 Å². The third kappa shape index (κ3) is 5.28. The molecule has 0 bridgehead atoms. The van der Waals surface area contributed by atoms with E-state index < -0.39 is 0 Å². The lowest BCUT2D eigenvalue weighted by molar-refractivity contribution is -0.114. The minimum atomic E-state index is -0.336. The van der Waals surface area contributed by atoms with E-state index in [2.05, 4.69) is 18.7 Å². The molecule has 0 saturated carbocycles. The molecule has 0 aromatic rings. The fourth-order valence-corrected chi connectivity index (χ4v) is 1.15. The Morgan fingerprint density at radius 3 is 2.08 bits per heavy atom. The molecule has 0 aromatic heterocycles. The number of hydrogen-bond acceptors (Lipinski definition) is 2. The maximum Gasteiger partial charge on any atom is 0.245 e. The minimum Gasteiger partial charge on any atom is -0.377 e. The summed E-state index contributed by atoms with van der Waals surface area (Å²) in [4.78, 5) is 12.9. The number of amides is 1. The average molecular weight is 184 g/mol. The SMILES string of the molecule is CCCN(C=C(C)C(N)=O)CCC. The van der Waals surface area contributed by atoms with Gasteiger partial charge in [-0.25, -0.2) is 0 Å². The molecule has 0 rings (SSSR count). The maximum atomic E-state index is 10.8. The van der Waals surface area contributed by atoms with Crippen LogP contribution in [0.25, 0.3) is 0 Å². The summed E-state index contributed by atoms with van der Waals surface area (Å²) in [6, 6.07) is 0. The van der Waals surface area contributed by atoms with Gasteiger partial charge in [-0.05, 0) is 19.8 Å². The van der Waals surface area contributed by atoms with Gasteiger partial charge in [-0.15, -0.1) is 0 Å². The molecule has 0 saturated heterocycles. The number of primary amides is 1. The molecule has 0 unspecified atom stereocenters. The second-order valence-corrected chi connectivity index (χ2v) is 3.21. The Kier molecular flexibility index (Phi) is 6.02. The monoisotopic (exact) mass is 184 g/mol. The van der Waals surface area contributed by atoms with E-state index in [1.165, 1.54) is 0 Å². The van der Waals surface area contributed by atoms with Crippen LogP contribution in [0, 0.1) is 0 Å². The summed E-state index contributed by atoms with van der Waals surface area (Å²) in [6.07, 6.45) is 4.03. The lowest BCUT2D eigenvalue weighted by Gasteiger charge is -2.19. The zero-order chi connectivity index (χ0) is 10.3. The molecule has 0 fully saturated rings. The first kappa shape index (κ1) is 12.0. The van der Waals surface area contributed by atoms with Crippen molar-refractivity contribution in [3.05, 3.63) is 11.8 Å². The third-order valence-corrected chi connectivity index (χ3v) is 1.79. The van der Waals surface area contributed by atoms with Crippen molar-refractivity contribution in [1.29, 1.82) is 0 Å². The Morgan fingerprint density at radius 2 is 1.77 bits per heavy atom. The average Bonchev–Trinajstić information content (AvgIpc) is 2.05. The lowest BCUT2D eigenvalue weighted by atomic mass is 10.3. The van der Waals surface area contributed by atoms with Crippen molar-refractivity contribution >= 4 is 5.91 Å². The molecular weight excluding hydrogens is 164 g/mol. The van der Waals surface area contributed by atoms with Crippen molar-refractivity contribution < 1.29 is 4.79 Å². The second kappa shape index (κ2) is 6.52. The van der Waals surface area contributed by atoms with E-state index in [0.717, 1.165) is 25.9 Å². The molecule has 13 heavy (non-hydrogen) atoms. The summed E-state index contributed by atoms with van der Waals surface area (Å²) in [5.74, 6) is -0.336. The number of hydrogen-bond donors (Lipinski definition) is 1. The van der Waals surface area contributed by atoms with Crippen molar-refractivity contribution in [3.63, 3.8) is 0 Å². The summed E-state index contributed by atoms with van der Waals surface area (Å²) < 4.78 is 0. The predicted octanol–water partition coefficient (Wildman–Crippen LogP) is 1.50. The Bertz CT molecular complexity index is 181. The standard InChI is InChI=1S/C10H20N2O/c1-4-6-12(7-5-2)8-9(3)10(11)13/h8H,4-7H2,1-3H3,(H2,11,13). The van der Waals surface area contributed by atoms with Gasteiger partial charge >= 0.3 is 0 Å². The van der Waals surface area contributed by atoms with E-state index >= 15 is 0 Å². The molecule has 0 spiro atoms. The zero-order valence-electron chi connectivity index (χ0n) is 8.84. The van der Waals surface area contributed by atoms with Crippen LogP contribution in [0.1, 0.15) is 33.6 Å². The highest BCUT2D eigenvalue weighted by molar-refractivity contribution is 5.91. The van der Waals surface area contributed by atoms with Crippen LogP contribution in [0.2, 0.25) is 0 Å². The molecule has 1 amide bonds. The fraction of sp³-hybridized carbons (Fsp3) is 0.700. The first-order chi connectivity index (χ1) is 6.11. The fourth-order valence-electron chi connectivity index (χ4n) is 1.15. The van der Waals surface area contributed by atoms with E-state index in [0.29, 0.717) is 5.57 Å². The molecular formula is C10H20N2O. The van der Waals surface area contributed by atoms with Crippen LogP contribution in [0.4, 0.5) is 0 Å². The second-order valence-electron chi connectivity index (χ2n) is 3.21. The minimum absolute atomic E-state index is 0.336. The summed E-state index contributed by atoms with van der Waals surface area (Å²) in [5.41, 5.74) is 5.77. The normalized spacial score (nSPS) is 11.5. The molecule has 0 heterocycles. The number of rotatable bonds is 6. The molecule has 0 aliphatic heterocycles. The summed E-state index contributed by atoms with van der Waals surface area (Å²) in [5, 5.41) is 0. The van der Waals surface area contributed by atoms with Crippen LogP contribution in [0.15, 0.2) is 11.8 Å². The molecule has 2 N–H and O–H groups in total. The van der Waals surface area contributed by atoms with Crippen LogP contribution >= 0.6 is 0 Å². The van der Waals surface area contributed by atoms with E-state index in [-0.39, 0.29) is 5.91 Å². The molecule has 0 aliphatic rings. The summed E-state index contributed by atoms with van der Waals surface area (Å²) >= 11 is 0. The van der Waals surface area contributed by atoms with Gasteiger partial charge in [0.15, 0.2) is 0 Å². The molecule has 0 aliphatic carbocycles. The van der Waals surface area contributed by atoms with Crippen LogP contribution < -0.4 is 5.73 Å². The third-order valence-electron chi connectivity index (χ3n) is 1.79. The topological polar surface area (TPSA) is 46.3 Å². The van der Waals surface area contributed by atoms with Crippen molar-refractivity contribution in [2.75, 3.05) is 13.1 Å². The van der Waals surface area contributed by atoms with Gasteiger partial charge in [-0.3, -0.25) is 4.79 Å². The number of carbonyl (C=O) groups excluding carboxylic acids is 1. The molecule has 3 nitrogen and oxygen atoms in total. The Labute approximate surface area is 80.6 Å². The number of carbonyl (C=O) groups is 1. The van der Waals surface area contributed by atoms with Crippen LogP contribution in [0.5, 0.6) is 0 Å². The molecule has 3 heteroatoms. The van der Waals surface area contributed by atoms with Crippen LogP contribution in [-0.2, 0) is 4.79 Å². The zero-order valence-corrected chi connectivity index (χ0v) is 8.84. The summed E-state index contributed by atoms with van der Waals surface area (Å²) in [6.45, 7) is 7.96. The summed E-state index contributed by atoms with van der Waals surface area (Å²) in [7, 11) is 0. The number of nitrogens with two attached hydrogens (primary N) is 1. The maximum absolute atomic E-state index is 10.8. The predicted molar refractivity (Wildman–Crippen MR) is 55.1 cm³/mol. The largest absolute Gasteiger partial charge is 0.377 e. The van der Waals surface area contributed by atoms with Gasteiger partial charge in [-0.2, -0.15) is 0 Å². The van der Waals surface area contributed by atoms with E-state index in [9.17, 15) is 4.79 Å². The molecule has 0 aromatic carbocycles.